The predicted octanol–water partition coefficient (Wildman–Crippen LogP) is 5.61. The molecule has 0 unspecified atom stereocenters. The SMILES string of the molecule is Cc1ccc(C2=NO[C@@H](CN(Cc3ccccc3Cl)C(=O)CC(C)(C)C)C2)cc1. The largest absolute Gasteiger partial charge is 0.390 e. The summed E-state index contributed by atoms with van der Waals surface area (Å²) in [4.78, 5) is 20.6. The molecule has 3 rings (SSSR count). The van der Waals surface area contributed by atoms with Crippen LogP contribution in [0.2, 0.25) is 5.02 Å². The highest BCUT2D eigenvalue weighted by atomic mass is 35.5. The van der Waals surface area contributed by atoms with Crippen LogP contribution in [-0.4, -0.2) is 29.2 Å². The summed E-state index contributed by atoms with van der Waals surface area (Å²) in [5, 5.41) is 4.95. The summed E-state index contributed by atoms with van der Waals surface area (Å²) in [5.41, 5.74) is 4.06. The third-order valence-corrected chi connectivity index (χ3v) is 5.26. The van der Waals surface area contributed by atoms with Gasteiger partial charge in [-0.25, -0.2) is 0 Å². The van der Waals surface area contributed by atoms with Crippen molar-refractivity contribution < 1.29 is 9.63 Å². The average Bonchev–Trinajstić information content (AvgIpc) is 3.10. The molecular formula is C24H29ClN2O2. The Kier molecular flexibility index (Phi) is 6.63. The topological polar surface area (TPSA) is 41.9 Å². The molecule has 154 valence electrons. The van der Waals surface area contributed by atoms with Crippen LogP contribution in [0.5, 0.6) is 0 Å². The van der Waals surface area contributed by atoms with E-state index in [1.165, 1.54) is 5.56 Å². The van der Waals surface area contributed by atoms with E-state index in [0.29, 0.717) is 31.0 Å². The number of hydrogen-bond acceptors (Lipinski definition) is 3. The van der Waals surface area contributed by atoms with Gasteiger partial charge in [0.15, 0.2) is 6.10 Å². The molecule has 0 aromatic heterocycles. The molecule has 1 amide bonds. The smallest absolute Gasteiger partial charge is 0.223 e. The molecule has 0 fully saturated rings. The number of rotatable bonds is 6. The van der Waals surface area contributed by atoms with Crippen molar-refractivity contribution in [2.24, 2.45) is 10.6 Å². The number of amides is 1. The van der Waals surface area contributed by atoms with Crippen molar-refractivity contribution >= 4 is 23.2 Å². The monoisotopic (exact) mass is 412 g/mol. The van der Waals surface area contributed by atoms with Gasteiger partial charge in [0.25, 0.3) is 0 Å². The average molecular weight is 413 g/mol. The van der Waals surface area contributed by atoms with Crippen molar-refractivity contribution in [3.05, 3.63) is 70.2 Å². The van der Waals surface area contributed by atoms with E-state index in [1.807, 2.05) is 29.2 Å². The molecule has 1 aliphatic rings. The van der Waals surface area contributed by atoms with Crippen molar-refractivity contribution in [2.75, 3.05) is 6.54 Å². The molecule has 1 heterocycles. The van der Waals surface area contributed by atoms with E-state index in [9.17, 15) is 4.79 Å². The van der Waals surface area contributed by atoms with Gasteiger partial charge >= 0.3 is 0 Å². The Morgan fingerprint density at radius 3 is 2.52 bits per heavy atom. The first kappa shape index (κ1) is 21.4. The van der Waals surface area contributed by atoms with Crippen LogP contribution in [0.25, 0.3) is 0 Å². The van der Waals surface area contributed by atoms with E-state index in [1.54, 1.807) is 0 Å². The fourth-order valence-electron chi connectivity index (χ4n) is 3.34. The minimum atomic E-state index is -0.155. The van der Waals surface area contributed by atoms with E-state index in [2.05, 4.69) is 57.1 Å². The van der Waals surface area contributed by atoms with E-state index >= 15 is 0 Å². The van der Waals surface area contributed by atoms with Gasteiger partial charge in [-0.2, -0.15) is 0 Å². The van der Waals surface area contributed by atoms with Gasteiger partial charge < -0.3 is 9.74 Å². The molecule has 5 heteroatoms. The zero-order chi connectivity index (χ0) is 21.0. The molecule has 0 spiro atoms. The summed E-state index contributed by atoms with van der Waals surface area (Å²) in [6.07, 6.45) is 0.999. The molecule has 29 heavy (non-hydrogen) atoms. The zero-order valence-corrected chi connectivity index (χ0v) is 18.4. The predicted molar refractivity (Wildman–Crippen MR) is 118 cm³/mol. The van der Waals surface area contributed by atoms with E-state index in [4.69, 9.17) is 16.4 Å². The summed E-state index contributed by atoms with van der Waals surface area (Å²) >= 11 is 6.35. The number of aryl methyl sites for hydroxylation is 1. The molecule has 0 radical (unpaired) electrons. The second-order valence-electron chi connectivity index (χ2n) is 8.94. The van der Waals surface area contributed by atoms with Crippen LogP contribution in [0, 0.1) is 12.3 Å². The first-order valence-corrected chi connectivity index (χ1v) is 10.4. The number of halogens is 1. The molecule has 0 saturated carbocycles. The molecule has 2 aromatic rings. The summed E-state index contributed by atoms with van der Waals surface area (Å²) < 4.78 is 0. The van der Waals surface area contributed by atoms with Crippen LogP contribution >= 0.6 is 11.6 Å². The van der Waals surface area contributed by atoms with Crippen molar-refractivity contribution in [3.8, 4) is 0 Å². The van der Waals surface area contributed by atoms with Crippen LogP contribution in [0.4, 0.5) is 0 Å². The van der Waals surface area contributed by atoms with Crippen LogP contribution in [0.3, 0.4) is 0 Å². The van der Waals surface area contributed by atoms with Gasteiger partial charge in [0.1, 0.15) is 0 Å². The summed E-state index contributed by atoms with van der Waals surface area (Å²) in [7, 11) is 0. The van der Waals surface area contributed by atoms with Crippen molar-refractivity contribution in [2.45, 2.75) is 53.2 Å². The Balaban J connectivity index is 1.71. The zero-order valence-electron chi connectivity index (χ0n) is 17.6. The molecule has 0 saturated heterocycles. The van der Waals surface area contributed by atoms with Crippen LogP contribution in [-0.2, 0) is 16.2 Å². The molecule has 0 bridgehead atoms. The second kappa shape index (κ2) is 9.00. The van der Waals surface area contributed by atoms with E-state index < -0.39 is 0 Å². The number of carbonyl (C=O) groups is 1. The lowest BCUT2D eigenvalue weighted by Gasteiger charge is -2.28. The Morgan fingerprint density at radius 1 is 1.17 bits per heavy atom. The maximum atomic E-state index is 13.0. The number of nitrogens with zero attached hydrogens (tertiary/aromatic N) is 2. The molecule has 1 aliphatic heterocycles. The van der Waals surface area contributed by atoms with Gasteiger partial charge in [-0.3, -0.25) is 4.79 Å². The van der Waals surface area contributed by atoms with E-state index in [-0.39, 0.29) is 17.4 Å². The molecule has 0 aliphatic carbocycles. The van der Waals surface area contributed by atoms with Gasteiger partial charge in [0.2, 0.25) is 5.91 Å². The fraction of sp³-hybridized carbons (Fsp3) is 0.417. The maximum absolute atomic E-state index is 13.0. The number of hydrogen-bond donors (Lipinski definition) is 0. The van der Waals surface area contributed by atoms with Gasteiger partial charge in [-0.1, -0.05) is 85.6 Å². The Hall–Kier alpha value is -2.33. The minimum Gasteiger partial charge on any atom is -0.390 e. The lowest BCUT2D eigenvalue weighted by Crippen LogP contribution is -2.38. The molecule has 0 N–H and O–H groups in total. The number of oxime groups is 1. The van der Waals surface area contributed by atoms with Crippen LogP contribution < -0.4 is 0 Å². The van der Waals surface area contributed by atoms with Gasteiger partial charge in [0.05, 0.1) is 12.3 Å². The normalized spacial score (nSPS) is 16.3. The maximum Gasteiger partial charge on any atom is 0.223 e. The highest BCUT2D eigenvalue weighted by Crippen LogP contribution is 2.25. The first-order chi connectivity index (χ1) is 13.7. The van der Waals surface area contributed by atoms with Crippen LogP contribution in [0.1, 0.15) is 50.3 Å². The van der Waals surface area contributed by atoms with E-state index in [0.717, 1.165) is 16.8 Å². The van der Waals surface area contributed by atoms with Crippen molar-refractivity contribution in [3.63, 3.8) is 0 Å². The highest BCUT2D eigenvalue weighted by Gasteiger charge is 2.29. The third kappa shape index (κ3) is 6.07. The molecular weight excluding hydrogens is 384 g/mol. The first-order valence-electron chi connectivity index (χ1n) is 10.0. The van der Waals surface area contributed by atoms with Crippen molar-refractivity contribution in [1.29, 1.82) is 0 Å². The number of carbonyl (C=O) groups excluding carboxylic acids is 1. The third-order valence-electron chi connectivity index (χ3n) is 4.90. The fourth-order valence-corrected chi connectivity index (χ4v) is 3.54. The second-order valence-corrected chi connectivity index (χ2v) is 9.35. The molecule has 1 atom stereocenters. The lowest BCUT2D eigenvalue weighted by atomic mass is 9.91. The lowest BCUT2D eigenvalue weighted by molar-refractivity contribution is -0.135. The highest BCUT2D eigenvalue weighted by molar-refractivity contribution is 6.31. The van der Waals surface area contributed by atoms with Gasteiger partial charge in [0, 0.05) is 24.4 Å². The summed E-state index contributed by atoms with van der Waals surface area (Å²) in [6, 6.07) is 15.9. The standard InChI is InChI=1S/C24H29ClN2O2/c1-17-9-11-18(12-10-17)22-13-20(29-26-22)16-27(23(28)14-24(2,3)4)15-19-7-5-6-8-21(19)25/h5-12,20H,13-16H2,1-4H3/t20-/m1/s1. The minimum absolute atomic E-state index is 0.0874. The molecule has 2 aromatic carbocycles. The van der Waals surface area contributed by atoms with Crippen LogP contribution in [0.15, 0.2) is 53.7 Å². The quantitative estimate of drug-likeness (QED) is 0.619. The van der Waals surface area contributed by atoms with Crippen molar-refractivity contribution in [1.82, 2.24) is 4.90 Å². The molecule has 4 nitrogen and oxygen atoms in total. The summed E-state index contributed by atoms with van der Waals surface area (Å²) in [5.74, 6) is 0.102. The van der Waals surface area contributed by atoms with Gasteiger partial charge in [-0.15, -0.1) is 0 Å². The number of benzene rings is 2. The Bertz CT molecular complexity index is 884. The summed E-state index contributed by atoms with van der Waals surface area (Å²) in [6.45, 7) is 9.23. The Labute approximate surface area is 178 Å². The van der Waals surface area contributed by atoms with Gasteiger partial charge in [-0.05, 0) is 29.5 Å². The Morgan fingerprint density at radius 2 is 1.86 bits per heavy atom.